The van der Waals surface area contributed by atoms with Gasteiger partial charge >= 0.3 is 0 Å². The second-order valence-electron chi connectivity index (χ2n) is 7.45. The highest BCUT2D eigenvalue weighted by Crippen LogP contribution is 2.23. The van der Waals surface area contributed by atoms with Crippen LogP contribution in [0.15, 0.2) is 48.5 Å². The highest BCUT2D eigenvalue weighted by Gasteiger charge is 2.23. The van der Waals surface area contributed by atoms with Crippen LogP contribution in [0.3, 0.4) is 0 Å². The largest absolute Gasteiger partial charge is 0.371 e. The van der Waals surface area contributed by atoms with Crippen molar-refractivity contribution in [3.63, 3.8) is 0 Å². The molecule has 2 aromatic carbocycles. The minimum absolute atomic E-state index is 0.0189. The van der Waals surface area contributed by atoms with Gasteiger partial charge in [0.1, 0.15) is 5.82 Å². The van der Waals surface area contributed by atoms with E-state index in [1.54, 1.807) is 0 Å². The normalized spacial score (nSPS) is 16.6. The van der Waals surface area contributed by atoms with Gasteiger partial charge in [0.2, 0.25) is 0 Å². The summed E-state index contributed by atoms with van der Waals surface area (Å²) < 4.78 is 13.1. The van der Waals surface area contributed by atoms with Crippen molar-refractivity contribution < 1.29 is 9.18 Å². The Kier molecular flexibility index (Phi) is 7.04. The zero-order valence-electron chi connectivity index (χ0n) is 16.8. The van der Waals surface area contributed by atoms with E-state index < -0.39 is 0 Å². The van der Waals surface area contributed by atoms with E-state index >= 15 is 0 Å². The number of nitrogens with one attached hydrogen (secondary N) is 1. The number of halogens is 1. The fourth-order valence-corrected chi connectivity index (χ4v) is 3.69. The van der Waals surface area contributed by atoms with Crippen molar-refractivity contribution in [3.05, 3.63) is 65.5 Å². The lowest BCUT2D eigenvalue weighted by atomic mass is 10.1. The van der Waals surface area contributed by atoms with Crippen molar-refractivity contribution in [1.29, 1.82) is 0 Å². The summed E-state index contributed by atoms with van der Waals surface area (Å²) in [7, 11) is 0. The molecule has 0 bridgehead atoms. The molecule has 2 aromatic rings. The van der Waals surface area contributed by atoms with Gasteiger partial charge in [0.25, 0.3) is 5.91 Å². The fraction of sp³-hybridized carbons (Fsp3) is 0.435. The van der Waals surface area contributed by atoms with Gasteiger partial charge in [-0.3, -0.25) is 9.69 Å². The van der Waals surface area contributed by atoms with E-state index in [1.807, 2.05) is 36.4 Å². The fourth-order valence-electron chi connectivity index (χ4n) is 3.69. The minimum atomic E-state index is -0.213. The van der Waals surface area contributed by atoms with E-state index in [1.165, 1.54) is 17.7 Å². The van der Waals surface area contributed by atoms with Crippen LogP contribution in [0.25, 0.3) is 0 Å². The van der Waals surface area contributed by atoms with Crippen molar-refractivity contribution in [1.82, 2.24) is 10.2 Å². The number of hydrogen-bond donors (Lipinski definition) is 1. The van der Waals surface area contributed by atoms with Crippen LogP contribution in [0.2, 0.25) is 0 Å². The molecule has 1 saturated heterocycles. The summed E-state index contributed by atoms with van der Waals surface area (Å²) >= 11 is 0. The Labute approximate surface area is 167 Å². The van der Waals surface area contributed by atoms with Crippen molar-refractivity contribution >= 4 is 11.6 Å². The second kappa shape index (κ2) is 9.69. The number of carbonyl (C=O) groups is 1. The number of hydrogen-bond acceptors (Lipinski definition) is 3. The molecule has 1 fully saturated rings. The summed E-state index contributed by atoms with van der Waals surface area (Å²) in [5.41, 5.74) is 2.97. The predicted molar refractivity (Wildman–Crippen MR) is 112 cm³/mol. The molecule has 0 saturated carbocycles. The first-order chi connectivity index (χ1) is 13.6. The van der Waals surface area contributed by atoms with Gasteiger partial charge in [0.05, 0.1) is 0 Å². The van der Waals surface area contributed by atoms with Gasteiger partial charge in [-0.25, -0.2) is 4.39 Å². The third kappa shape index (κ3) is 5.32. The molecule has 1 aliphatic rings. The van der Waals surface area contributed by atoms with Crippen LogP contribution in [-0.4, -0.2) is 43.5 Å². The van der Waals surface area contributed by atoms with E-state index in [9.17, 15) is 9.18 Å². The van der Waals surface area contributed by atoms with E-state index in [-0.39, 0.29) is 11.7 Å². The Hall–Kier alpha value is -2.40. The lowest BCUT2D eigenvalue weighted by Gasteiger charge is -2.19. The number of anilines is 1. The van der Waals surface area contributed by atoms with E-state index in [0.717, 1.165) is 44.8 Å². The van der Waals surface area contributed by atoms with Crippen LogP contribution in [-0.2, 0) is 6.54 Å². The third-order valence-electron chi connectivity index (χ3n) is 5.55. The number of benzene rings is 2. The number of nitrogens with zero attached hydrogens (tertiary/aromatic N) is 2. The number of carbonyl (C=O) groups excluding carboxylic acids is 1. The molecular weight excluding hydrogens is 353 g/mol. The molecule has 0 spiro atoms. The maximum absolute atomic E-state index is 13.1. The summed E-state index contributed by atoms with van der Waals surface area (Å²) in [6, 6.07) is 14.5. The lowest BCUT2D eigenvalue weighted by molar-refractivity contribution is 0.0948. The zero-order chi connectivity index (χ0) is 19.9. The third-order valence-corrected chi connectivity index (χ3v) is 5.55. The molecule has 5 heteroatoms. The average Bonchev–Trinajstić information content (AvgIpc) is 3.20. The average molecular weight is 384 g/mol. The van der Waals surface area contributed by atoms with Crippen LogP contribution < -0.4 is 10.2 Å². The van der Waals surface area contributed by atoms with Gasteiger partial charge in [0.15, 0.2) is 0 Å². The van der Waals surface area contributed by atoms with Crippen LogP contribution in [0, 0.1) is 11.7 Å². The van der Waals surface area contributed by atoms with E-state index in [2.05, 4.69) is 29.0 Å². The molecule has 1 heterocycles. The highest BCUT2D eigenvalue weighted by molar-refractivity contribution is 5.94. The van der Waals surface area contributed by atoms with Gasteiger partial charge in [-0.05, 0) is 67.4 Å². The van der Waals surface area contributed by atoms with Gasteiger partial charge in [-0.1, -0.05) is 26.0 Å². The quantitative estimate of drug-likeness (QED) is 0.750. The first-order valence-electron chi connectivity index (χ1n) is 10.2. The van der Waals surface area contributed by atoms with Crippen LogP contribution >= 0.6 is 0 Å². The summed E-state index contributed by atoms with van der Waals surface area (Å²) in [5.74, 6) is 0.181. The molecule has 0 aromatic heterocycles. The Morgan fingerprint density at radius 3 is 2.43 bits per heavy atom. The molecular formula is C23H30FN3O. The number of amides is 1. The highest BCUT2D eigenvalue weighted by atomic mass is 19.1. The Morgan fingerprint density at radius 2 is 1.79 bits per heavy atom. The second-order valence-corrected chi connectivity index (χ2v) is 7.45. The van der Waals surface area contributed by atoms with Gasteiger partial charge in [-0.15, -0.1) is 0 Å². The molecule has 4 nitrogen and oxygen atoms in total. The summed E-state index contributed by atoms with van der Waals surface area (Å²) in [5, 5.41) is 3.07. The van der Waals surface area contributed by atoms with Crippen molar-refractivity contribution in [3.8, 4) is 0 Å². The first-order valence-corrected chi connectivity index (χ1v) is 10.2. The maximum Gasteiger partial charge on any atom is 0.251 e. The lowest BCUT2D eigenvalue weighted by Crippen LogP contribution is -2.31. The van der Waals surface area contributed by atoms with Gasteiger partial charge in [-0.2, -0.15) is 0 Å². The summed E-state index contributed by atoms with van der Waals surface area (Å²) in [6.07, 6.45) is 1.03. The van der Waals surface area contributed by atoms with Gasteiger partial charge < -0.3 is 10.2 Å². The summed E-state index contributed by atoms with van der Waals surface area (Å²) in [4.78, 5) is 17.1. The molecule has 28 heavy (non-hydrogen) atoms. The Bertz CT molecular complexity index is 756. The van der Waals surface area contributed by atoms with Crippen LogP contribution in [0.5, 0.6) is 0 Å². The van der Waals surface area contributed by atoms with Crippen molar-refractivity contribution in [2.75, 3.05) is 37.6 Å². The summed E-state index contributed by atoms with van der Waals surface area (Å²) in [6.45, 7) is 9.76. The zero-order valence-corrected chi connectivity index (χ0v) is 16.8. The molecule has 150 valence electrons. The van der Waals surface area contributed by atoms with E-state index in [4.69, 9.17) is 0 Å². The molecule has 0 radical (unpaired) electrons. The SMILES string of the molecule is CCN(CC)Cc1ccc(C(=O)NC[C@@H]2CCN(c3ccc(F)cc3)C2)cc1. The van der Waals surface area contributed by atoms with Gasteiger partial charge in [0, 0.05) is 37.4 Å². The monoisotopic (exact) mass is 383 g/mol. The van der Waals surface area contributed by atoms with Crippen LogP contribution in [0.1, 0.15) is 36.2 Å². The maximum atomic E-state index is 13.1. The first kappa shape index (κ1) is 20.3. The molecule has 1 atom stereocenters. The Balaban J connectivity index is 1.47. The van der Waals surface area contributed by atoms with Crippen molar-refractivity contribution in [2.45, 2.75) is 26.8 Å². The van der Waals surface area contributed by atoms with Crippen molar-refractivity contribution in [2.24, 2.45) is 5.92 Å². The number of rotatable bonds is 8. The topological polar surface area (TPSA) is 35.6 Å². The molecule has 0 unspecified atom stereocenters. The minimum Gasteiger partial charge on any atom is -0.371 e. The molecule has 1 N–H and O–H groups in total. The molecule has 3 rings (SSSR count). The Morgan fingerprint density at radius 1 is 1.11 bits per heavy atom. The molecule has 0 aliphatic carbocycles. The predicted octanol–water partition coefficient (Wildman–Crippen LogP) is 3.92. The smallest absolute Gasteiger partial charge is 0.251 e. The standard InChI is InChI=1S/C23H30FN3O/c1-3-26(4-2)16-18-5-7-20(8-6-18)23(28)25-15-19-13-14-27(17-19)22-11-9-21(24)10-12-22/h5-12,19H,3-4,13-17H2,1-2H3,(H,25,28)/t19-/m0/s1. The molecule has 1 amide bonds. The van der Waals surface area contributed by atoms with E-state index in [0.29, 0.717) is 18.0 Å². The van der Waals surface area contributed by atoms with Crippen LogP contribution in [0.4, 0.5) is 10.1 Å². The molecule has 1 aliphatic heterocycles.